The fourth-order valence-electron chi connectivity index (χ4n) is 2.13. The number of carboxylic acids is 1. The number of hydrogen-bond acceptors (Lipinski definition) is 5. The normalized spacial score (nSPS) is 12.1. The van der Waals surface area contributed by atoms with E-state index >= 15 is 0 Å². The van der Waals surface area contributed by atoms with Crippen LogP contribution >= 0.6 is 0 Å². The summed E-state index contributed by atoms with van der Waals surface area (Å²) in [5.74, 6) is 0.951. The Morgan fingerprint density at radius 2 is 2.19 bits per heavy atom. The molecule has 1 atom stereocenters. The summed E-state index contributed by atoms with van der Waals surface area (Å²) < 4.78 is 10.4. The SMILES string of the molecule is COc1ccccc1Cc1noc(CC(C)CC(=O)O)n1. The summed E-state index contributed by atoms with van der Waals surface area (Å²) >= 11 is 0. The maximum absolute atomic E-state index is 10.6. The highest BCUT2D eigenvalue weighted by molar-refractivity contribution is 5.66. The van der Waals surface area contributed by atoms with Crippen molar-refractivity contribution in [3.63, 3.8) is 0 Å². The molecule has 1 aromatic carbocycles. The third kappa shape index (κ3) is 4.30. The lowest BCUT2D eigenvalue weighted by Gasteiger charge is -2.05. The van der Waals surface area contributed by atoms with E-state index in [-0.39, 0.29) is 12.3 Å². The average molecular weight is 290 g/mol. The number of hydrogen-bond donors (Lipinski definition) is 1. The third-order valence-corrected chi connectivity index (χ3v) is 3.10. The number of aromatic nitrogens is 2. The van der Waals surface area contributed by atoms with Crippen LogP contribution in [0.1, 0.15) is 30.6 Å². The van der Waals surface area contributed by atoms with Crippen LogP contribution in [0.25, 0.3) is 0 Å². The van der Waals surface area contributed by atoms with Gasteiger partial charge in [-0.15, -0.1) is 0 Å². The van der Waals surface area contributed by atoms with Crippen LogP contribution in [0.4, 0.5) is 0 Å². The Morgan fingerprint density at radius 1 is 1.43 bits per heavy atom. The maximum Gasteiger partial charge on any atom is 0.303 e. The van der Waals surface area contributed by atoms with Gasteiger partial charge in [0.05, 0.1) is 7.11 Å². The van der Waals surface area contributed by atoms with E-state index in [4.69, 9.17) is 14.4 Å². The monoisotopic (exact) mass is 290 g/mol. The van der Waals surface area contributed by atoms with Gasteiger partial charge in [-0.3, -0.25) is 4.79 Å². The predicted molar refractivity (Wildman–Crippen MR) is 75.2 cm³/mol. The first-order valence-corrected chi connectivity index (χ1v) is 6.73. The minimum Gasteiger partial charge on any atom is -0.496 e. The lowest BCUT2D eigenvalue weighted by Crippen LogP contribution is -2.07. The first-order valence-electron chi connectivity index (χ1n) is 6.73. The van der Waals surface area contributed by atoms with Gasteiger partial charge in [-0.1, -0.05) is 30.3 Å². The first-order chi connectivity index (χ1) is 10.1. The summed E-state index contributed by atoms with van der Waals surface area (Å²) in [5, 5.41) is 12.7. The third-order valence-electron chi connectivity index (χ3n) is 3.10. The van der Waals surface area contributed by atoms with Crippen LogP contribution in [-0.2, 0) is 17.6 Å². The summed E-state index contributed by atoms with van der Waals surface area (Å²) in [4.78, 5) is 14.9. The number of aliphatic carboxylic acids is 1. The van der Waals surface area contributed by atoms with E-state index in [0.717, 1.165) is 11.3 Å². The van der Waals surface area contributed by atoms with Crippen molar-refractivity contribution in [1.82, 2.24) is 10.1 Å². The lowest BCUT2D eigenvalue weighted by atomic mass is 10.0. The van der Waals surface area contributed by atoms with Gasteiger partial charge in [-0.05, 0) is 12.0 Å². The quantitative estimate of drug-likeness (QED) is 0.842. The molecule has 1 heterocycles. The molecule has 0 aliphatic rings. The summed E-state index contributed by atoms with van der Waals surface area (Å²) in [6, 6.07) is 7.65. The number of para-hydroxylation sites is 1. The van der Waals surface area contributed by atoms with E-state index in [0.29, 0.717) is 24.6 Å². The molecule has 0 fully saturated rings. The molecule has 1 N–H and O–H groups in total. The topological polar surface area (TPSA) is 85.5 Å². The molecule has 0 spiro atoms. The standard InChI is InChI=1S/C15H18N2O4/c1-10(8-15(18)19)7-14-16-13(17-21-14)9-11-5-3-4-6-12(11)20-2/h3-6,10H,7-9H2,1-2H3,(H,18,19). The molecule has 6 heteroatoms. The number of carboxylic acid groups (broad SMARTS) is 1. The molecule has 1 unspecified atom stereocenters. The predicted octanol–water partition coefficient (Wildman–Crippen LogP) is 2.32. The zero-order chi connectivity index (χ0) is 15.2. The summed E-state index contributed by atoms with van der Waals surface area (Å²) in [5.41, 5.74) is 0.978. The second-order valence-electron chi connectivity index (χ2n) is 5.00. The molecule has 0 aliphatic carbocycles. The van der Waals surface area contributed by atoms with E-state index in [2.05, 4.69) is 10.1 Å². The zero-order valence-corrected chi connectivity index (χ0v) is 12.1. The van der Waals surface area contributed by atoms with E-state index < -0.39 is 5.97 Å². The Kier molecular flexibility index (Phi) is 4.92. The van der Waals surface area contributed by atoms with Crippen LogP contribution in [0, 0.1) is 5.92 Å². The molecule has 21 heavy (non-hydrogen) atoms. The number of benzene rings is 1. The second kappa shape index (κ2) is 6.88. The van der Waals surface area contributed by atoms with Crippen molar-refractivity contribution >= 4 is 5.97 Å². The van der Waals surface area contributed by atoms with Gasteiger partial charge in [0.15, 0.2) is 5.82 Å². The van der Waals surface area contributed by atoms with Crippen LogP contribution in [0.2, 0.25) is 0 Å². The Bertz CT molecular complexity index is 609. The Hall–Kier alpha value is -2.37. The number of rotatable bonds is 7. The number of carbonyl (C=O) groups is 1. The summed E-state index contributed by atoms with van der Waals surface area (Å²) in [6.45, 7) is 1.85. The van der Waals surface area contributed by atoms with Crippen molar-refractivity contribution in [3.8, 4) is 5.75 Å². The van der Waals surface area contributed by atoms with Gasteiger partial charge in [0.2, 0.25) is 5.89 Å². The van der Waals surface area contributed by atoms with Crippen molar-refractivity contribution in [2.75, 3.05) is 7.11 Å². The van der Waals surface area contributed by atoms with E-state index in [1.165, 1.54) is 0 Å². The molecule has 2 rings (SSSR count). The van der Waals surface area contributed by atoms with Crippen LogP contribution < -0.4 is 4.74 Å². The maximum atomic E-state index is 10.6. The molecule has 0 saturated heterocycles. The van der Waals surface area contributed by atoms with Crippen molar-refractivity contribution < 1.29 is 19.2 Å². The van der Waals surface area contributed by atoms with Crippen LogP contribution in [-0.4, -0.2) is 28.3 Å². The van der Waals surface area contributed by atoms with Crippen molar-refractivity contribution in [3.05, 3.63) is 41.5 Å². The van der Waals surface area contributed by atoms with Gasteiger partial charge >= 0.3 is 5.97 Å². The molecular formula is C15H18N2O4. The number of ether oxygens (including phenoxy) is 1. The molecular weight excluding hydrogens is 272 g/mol. The Balaban J connectivity index is 2.01. The fraction of sp³-hybridized carbons (Fsp3) is 0.400. The van der Waals surface area contributed by atoms with Gasteiger partial charge in [0.25, 0.3) is 0 Å². The smallest absolute Gasteiger partial charge is 0.303 e. The molecule has 1 aromatic heterocycles. The highest BCUT2D eigenvalue weighted by Crippen LogP contribution is 2.20. The summed E-state index contributed by atoms with van der Waals surface area (Å²) in [6.07, 6.45) is 1.07. The van der Waals surface area contributed by atoms with Gasteiger partial charge < -0.3 is 14.4 Å². The van der Waals surface area contributed by atoms with Crippen molar-refractivity contribution in [2.45, 2.75) is 26.2 Å². The van der Waals surface area contributed by atoms with E-state index in [1.807, 2.05) is 31.2 Å². The highest BCUT2D eigenvalue weighted by atomic mass is 16.5. The Labute approximate surface area is 122 Å². The summed E-state index contributed by atoms with van der Waals surface area (Å²) in [7, 11) is 1.62. The van der Waals surface area contributed by atoms with Gasteiger partial charge in [-0.25, -0.2) is 0 Å². The number of nitrogens with zero attached hydrogens (tertiary/aromatic N) is 2. The average Bonchev–Trinajstić information content (AvgIpc) is 2.85. The molecule has 112 valence electrons. The molecule has 0 bridgehead atoms. The minimum atomic E-state index is -0.823. The highest BCUT2D eigenvalue weighted by Gasteiger charge is 2.14. The second-order valence-corrected chi connectivity index (χ2v) is 5.00. The van der Waals surface area contributed by atoms with E-state index in [1.54, 1.807) is 7.11 Å². The molecule has 2 aromatic rings. The minimum absolute atomic E-state index is 0.0398. The lowest BCUT2D eigenvalue weighted by molar-refractivity contribution is -0.137. The molecule has 0 radical (unpaired) electrons. The zero-order valence-electron chi connectivity index (χ0n) is 12.1. The largest absolute Gasteiger partial charge is 0.496 e. The molecule has 0 saturated carbocycles. The van der Waals surface area contributed by atoms with Gasteiger partial charge in [0.1, 0.15) is 5.75 Å². The molecule has 0 aliphatic heterocycles. The van der Waals surface area contributed by atoms with Crippen LogP contribution in [0.3, 0.4) is 0 Å². The van der Waals surface area contributed by atoms with Gasteiger partial charge in [0, 0.05) is 24.8 Å². The van der Waals surface area contributed by atoms with E-state index in [9.17, 15) is 4.79 Å². The molecule has 0 amide bonds. The van der Waals surface area contributed by atoms with Gasteiger partial charge in [-0.2, -0.15) is 4.98 Å². The first kappa shape index (κ1) is 15.0. The Morgan fingerprint density at radius 3 is 2.90 bits per heavy atom. The van der Waals surface area contributed by atoms with Crippen LogP contribution in [0.5, 0.6) is 5.75 Å². The van der Waals surface area contributed by atoms with Crippen LogP contribution in [0.15, 0.2) is 28.8 Å². The fourth-order valence-corrected chi connectivity index (χ4v) is 2.13. The van der Waals surface area contributed by atoms with Crippen molar-refractivity contribution in [2.24, 2.45) is 5.92 Å². The number of methoxy groups -OCH3 is 1. The van der Waals surface area contributed by atoms with Crippen molar-refractivity contribution in [1.29, 1.82) is 0 Å². The molecule has 6 nitrogen and oxygen atoms in total.